The quantitative estimate of drug-likeness (QED) is 0.353. The van der Waals surface area contributed by atoms with Crippen LogP contribution < -0.4 is 10.6 Å². The van der Waals surface area contributed by atoms with Crippen LogP contribution in [0.25, 0.3) is 17.4 Å². The van der Waals surface area contributed by atoms with Crippen LogP contribution in [0.5, 0.6) is 0 Å². The van der Waals surface area contributed by atoms with Gasteiger partial charge in [-0.25, -0.2) is 0 Å². The van der Waals surface area contributed by atoms with Crippen LogP contribution in [0.2, 0.25) is 10.0 Å². The minimum absolute atomic E-state index is 0.0368. The fourth-order valence-electron chi connectivity index (χ4n) is 2.83. The van der Waals surface area contributed by atoms with E-state index < -0.39 is 11.8 Å². The Kier molecular flexibility index (Phi) is 8.11. The first kappa shape index (κ1) is 23.6. The van der Waals surface area contributed by atoms with Gasteiger partial charge in [0, 0.05) is 35.9 Å². The topological polar surface area (TPSA) is 80.6 Å². The number of ether oxygens (including phenoxy) is 1. The van der Waals surface area contributed by atoms with Gasteiger partial charge in [0.2, 0.25) is 0 Å². The Morgan fingerprint density at radius 1 is 1.06 bits per heavy atom. The smallest absolute Gasteiger partial charge is 0.268 e. The summed E-state index contributed by atoms with van der Waals surface area (Å²) in [5, 5.41) is 6.31. The van der Waals surface area contributed by atoms with E-state index in [-0.39, 0.29) is 12.2 Å². The Balaban J connectivity index is 1.87. The van der Waals surface area contributed by atoms with Gasteiger partial charge in [0.05, 0.1) is 11.6 Å². The summed E-state index contributed by atoms with van der Waals surface area (Å²) in [5.74, 6) is -0.00955. The van der Waals surface area contributed by atoms with Crippen LogP contribution in [0.15, 0.2) is 64.7 Å². The average molecular weight is 473 g/mol. The highest BCUT2D eigenvalue weighted by Crippen LogP contribution is 2.31. The SMILES string of the molecule is COCCNC(=O)C(=Cc1ccc(-c2ccc(Cl)cc2Cl)o1)NC(=O)c1ccc(C)cc1. The molecule has 0 aliphatic carbocycles. The fraction of sp³-hybridized carbons (Fsp3) is 0.167. The first-order valence-corrected chi connectivity index (χ1v) is 10.5. The van der Waals surface area contributed by atoms with Gasteiger partial charge in [-0.15, -0.1) is 0 Å². The maximum atomic E-state index is 12.7. The van der Waals surface area contributed by atoms with E-state index >= 15 is 0 Å². The summed E-state index contributed by atoms with van der Waals surface area (Å²) >= 11 is 12.2. The zero-order valence-electron chi connectivity index (χ0n) is 17.6. The van der Waals surface area contributed by atoms with Crippen LogP contribution in [-0.2, 0) is 9.53 Å². The van der Waals surface area contributed by atoms with E-state index in [1.165, 1.54) is 13.2 Å². The Morgan fingerprint density at radius 3 is 2.50 bits per heavy atom. The van der Waals surface area contributed by atoms with Crippen molar-refractivity contribution in [1.29, 1.82) is 0 Å². The molecule has 2 aromatic carbocycles. The molecule has 166 valence electrons. The second kappa shape index (κ2) is 11.0. The molecule has 0 aliphatic rings. The van der Waals surface area contributed by atoms with Crippen molar-refractivity contribution >= 4 is 41.1 Å². The Hall–Kier alpha value is -3.06. The van der Waals surface area contributed by atoms with Gasteiger partial charge in [-0.2, -0.15) is 0 Å². The van der Waals surface area contributed by atoms with E-state index in [1.807, 2.05) is 19.1 Å². The lowest BCUT2D eigenvalue weighted by Gasteiger charge is -2.10. The molecular formula is C24H22Cl2N2O4. The van der Waals surface area contributed by atoms with E-state index in [9.17, 15) is 9.59 Å². The van der Waals surface area contributed by atoms with Crippen molar-refractivity contribution in [2.75, 3.05) is 20.3 Å². The van der Waals surface area contributed by atoms with Crippen LogP contribution >= 0.6 is 23.2 Å². The molecule has 3 aromatic rings. The number of furan rings is 1. The number of aryl methyl sites for hydroxylation is 1. The highest BCUT2D eigenvalue weighted by molar-refractivity contribution is 6.36. The molecule has 1 heterocycles. The summed E-state index contributed by atoms with van der Waals surface area (Å²) in [6, 6.07) is 15.5. The summed E-state index contributed by atoms with van der Waals surface area (Å²) in [4.78, 5) is 25.4. The number of carbonyl (C=O) groups is 2. The monoisotopic (exact) mass is 472 g/mol. The van der Waals surface area contributed by atoms with Gasteiger partial charge < -0.3 is 19.8 Å². The largest absolute Gasteiger partial charge is 0.457 e. The lowest BCUT2D eigenvalue weighted by molar-refractivity contribution is -0.117. The lowest BCUT2D eigenvalue weighted by atomic mass is 10.1. The Labute approximate surface area is 196 Å². The second-order valence-corrected chi connectivity index (χ2v) is 7.80. The van der Waals surface area contributed by atoms with Gasteiger partial charge in [0.25, 0.3) is 11.8 Å². The molecule has 0 saturated heterocycles. The zero-order chi connectivity index (χ0) is 23.1. The van der Waals surface area contributed by atoms with Crippen molar-refractivity contribution in [2.45, 2.75) is 6.92 Å². The third kappa shape index (κ3) is 6.23. The summed E-state index contributed by atoms with van der Waals surface area (Å²) in [7, 11) is 1.54. The molecule has 0 spiro atoms. The van der Waals surface area contributed by atoms with Gasteiger partial charge in [-0.1, -0.05) is 40.9 Å². The van der Waals surface area contributed by atoms with Crippen molar-refractivity contribution < 1.29 is 18.7 Å². The summed E-state index contributed by atoms with van der Waals surface area (Å²) < 4.78 is 10.8. The summed E-state index contributed by atoms with van der Waals surface area (Å²) in [6.07, 6.45) is 1.46. The van der Waals surface area contributed by atoms with Crippen molar-refractivity contribution in [3.63, 3.8) is 0 Å². The molecule has 0 saturated carbocycles. The van der Waals surface area contributed by atoms with E-state index in [4.69, 9.17) is 32.4 Å². The van der Waals surface area contributed by atoms with Crippen molar-refractivity contribution in [3.8, 4) is 11.3 Å². The summed E-state index contributed by atoms with van der Waals surface area (Å²) in [5.41, 5.74) is 2.15. The highest BCUT2D eigenvalue weighted by Gasteiger charge is 2.16. The van der Waals surface area contributed by atoms with Gasteiger partial charge >= 0.3 is 0 Å². The molecular weight excluding hydrogens is 451 g/mol. The van der Waals surface area contributed by atoms with Crippen LogP contribution in [-0.4, -0.2) is 32.1 Å². The number of hydrogen-bond donors (Lipinski definition) is 2. The van der Waals surface area contributed by atoms with Crippen LogP contribution in [0.3, 0.4) is 0 Å². The van der Waals surface area contributed by atoms with Crippen LogP contribution in [0, 0.1) is 6.92 Å². The number of amides is 2. The van der Waals surface area contributed by atoms with Crippen molar-refractivity contribution in [3.05, 3.63) is 87.2 Å². The number of hydrogen-bond acceptors (Lipinski definition) is 4. The number of nitrogens with one attached hydrogen (secondary N) is 2. The van der Waals surface area contributed by atoms with Crippen molar-refractivity contribution in [2.24, 2.45) is 0 Å². The van der Waals surface area contributed by atoms with Gasteiger partial charge in [0.1, 0.15) is 17.2 Å². The van der Waals surface area contributed by atoms with Gasteiger partial charge in [-0.3, -0.25) is 9.59 Å². The molecule has 6 nitrogen and oxygen atoms in total. The number of rotatable bonds is 8. The molecule has 0 unspecified atom stereocenters. The van der Waals surface area contributed by atoms with Gasteiger partial charge in [-0.05, 0) is 49.4 Å². The molecule has 8 heteroatoms. The molecule has 0 bridgehead atoms. The van der Waals surface area contributed by atoms with Crippen LogP contribution in [0.1, 0.15) is 21.7 Å². The maximum absolute atomic E-state index is 12.7. The predicted octanol–water partition coefficient (Wildman–Crippen LogP) is 5.10. The molecule has 0 fully saturated rings. The molecule has 32 heavy (non-hydrogen) atoms. The Bertz CT molecular complexity index is 1140. The summed E-state index contributed by atoms with van der Waals surface area (Å²) in [6.45, 7) is 2.56. The zero-order valence-corrected chi connectivity index (χ0v) is 19.1. The number of halogens is 2. The van der Waals surface area contributed by atoms with Gasteiger partial charge in [0.15, 0.2) is 0 Å². The van der Waals surface area contributed by atoms with E-state index in [0.29, 0.717) is 39.3 Å². The lowest BCUT2D eigenvalue weighted by Crippen LogP contribution is -2.36. The average Bonchev–Trinajstić information content (AvgIpc) is 3.22. The minimum Gasteiger partial charge on any atom is -0.457 e. The number of carbonyl (C=O) groups excluding carboxylic acids is 2. The first-order valence-electron chi connectivity index (χ1n) is 9.79. The molecule has 2 amide bonds. The second-order valence-electron chi connectivity index (χ2n) is 6.95. The normalized spacial score (nSPS) is 11.3. The van der Waals surface area contributed by atoms with E-state index in [0.717, 1.165) is 5.56 Å². The minimum atomic E-state index is -0.468. The highest BCUT2D eigenvalue weighted by atomic mass is 35.5. The van der Waals surface area contributed by atoms with Crippen molar-refractivity contribution in [1.82, 2.24) is 10.6 Å². The third-order valence-electron chi connectivity index (χ3n) is 4.51. The molecule has 0 radical (unpaired) electrons. The number of benzene rings is 2. The number of methoxy groups -OCH3 is 1. The fourth-order valence-corrected chi connectivity index (χ4v) is 3.33. The first-order chi connectivity index (χ1) is 15.4. The van der Waals surface area contributed by atoms with E-state index in [2.05, 4.69) is 10.6 Å². The van der Waals surface area contributed by atoms with E-state index in [1.54, 1.807) is 42.5 Å². The molecule has 3 rings (SSSR count). The maximum Gasteiger partial charge on any atom is 0.268 e. The standard InChI is InChI=1S/C24H22Cl2N2O4/c1-15-3-5-16(6-4-15)23(29)28-21(24(30)27-11-12-31-2)14-18-8-10-22(32-18)19-9-7-17(25)13-20(19)26/h3-10,13-14H,11-12H2,1-2H3,(H,27,30)(H,28,29). The molecule has 0 aliphatic heterocycles. The van der Waals surface area contributed by atoms with Crippen LogP contribution in [0.4, 0.5) is 0 Å². The third-order valence-corrected chi connectivity index (χ3v) is 5.06. The molecule has 0 atom stereocenters. The molecule has 2 N–H and O–H groups in total. The molecule has 1 aromatic heterocycles. The Morgan fingerprint density at radius 2 is 1.81 bits per heavy atom. The predicted molar refractivity (Wildman–Crippen MR) is 126 cm³/mol.